The highest BCUT2D eigenvalue weighted by atomic mass is 16.6. The fourth-order valence-electron chi connectivity index (χ4n) is 1.44. The Balaban J connectivity index is 2.91. The summed E-state index contributed by atoms with van der Waals surface area (Å²) in [6.07, 6.45) is 0.742. The lowest BCUT2D eigenvalue weighted by atomic mass is 10.3. The standard InChI is InChI=1S/C10H17N5O3/c1-7-8(15(16)17)9(12-5-4-6-18-3)14-10(11-2)13-7/h4-6H2,1-3H3,(H2,11,12,13,14). The van der Waals surface area contributed by atoms with Gasteiger partial charge in [0.25, 0.3) is 0 Å². The van der Waals surface area contributed by atoms with E-state index in [4.69, 9.17) is 4.74 Å². The minimum absolute atomic E-state index is 0.0913. The molecule has 0 radical (unpaired) electrons. The molecule has 0 aliphatic carbocycles. The summed E-state index contributed by atoms with van der Waals surface area (Å²) in [5.74, 6) is 0.584. The van der Waals surface area contributed by atoms with Crippen LogP contribution in [0.1, 0.15) is 12.1 Å². The van der Waals surface area contributed by atoms with Gasteiger partial charge in [-0.1, -0.05) is 0 Å². The number of nitrogens with one attached hydrogen (secondary N) is 2. The second kappa shape index (κ2) is 6.70. The summed E-state index contributed by atoms with van der Waals surface area (Å²) in [5.41, 5.74) is 0.236. The molecular formula is C10H17N5O3. The van der Waals surface area contributed by atoms with Crippen LogP contribution in [-0.4, -0.2) is 42.2 Å². The zero-order valence-corrected chi connectivity index (χ0v) is 10.7. The monoisotopic (exact) mass is 255 g/mol. The van der Waals surface area contributed by atoms with Crippen LogP contribution in [0.15, 0.2) is 0 Å². The van der Waals surface area contributed by atoms with Crippen molar-refractivity contribution in [1.82, 2.24) is 9.97 Å². The van der Waals surface area contributed by atoms with E-state index in [1.165, 1.54) is 0 Å². The van der Waals surface area contributed by atoms with E-state index >= 15 is 0 Å². The summed E-state index contributed by atoms with van der Waals surface area (Å²) in [6.45, 7) is 2.72. The van der Waals surface area contributed by atoms with Gasteiger partial charge in [-0.3, -0.25) is 10.1 Å². The molecule has 0 aliphatic heterocycles. The van der Waals surface area contributed by atoms with Crippen molar-refractivity contribution < 1.29 is 9.66 Å². The molecule has 0 bridgehead atoms. The molecule has 18 heavy (non-hydrogen) atoms. The Morgan fingerprint density at radius 2 is 2.17 bits per heavy atom. The van der Waals surface area contributed by atoms with Gasteiger partial charge in [0.1, 0.15) is 5.69 Å². The Bertz CT molecular complexity index is 424. The van der Waals surface area contributed by atoms with Crippen LogP contribution in [0, 0.1) is 17.0 Å². The second-order valence-electron chi connectivity index (χ2n) is 3.61. The SMILES string of the molecule is CNc1nc(C)c([N+](=O)[O-])c(NCCCOC)n1. The van der Waals surface area contributed by atoms with E-state index in [0.29, 0.717) is 24.8 Å². The fraction of sp³-hybridized carbons (Fsp3) is 0.600. The van der Waals surface area contributed by atoms with Crippen molar-refractivity contribution in [2.75, 3.05) is 37.9 Å². The van der Waals surface area contributed by atoms with Gasteiger partial charge in [0, 0.05) is 27.3 Å². The van der Waals surface area contributed by atoms with Crippen molar-refractivity contribution in [3.63, 3.8) is 0 Å². The molecule has 0 fully saturated rings. The Morgan fingerprint density at radius 1 is 1.44 bits per heavy atom. The van der Waals surface area contributed by atoms with Crippen LogP contribution in [0.25, 0.3) is 0 Å². The largest absolute Gasteiger partial charge is 0.385 e. The second-order valence-corrected chi connectivity index (χ2v) is 3.61. The Morgan fingerprint density at radius 3 is 2.72 bits per heavy atom. The summed E-state index contributed by atoms with van der Waals surface area (Å²) < 4.78 is 4.91. The molecule has 1 heterocycles. The van der Waals surface area contributed by atoms with E-state index in [-0.39, 0.29) is 11.5 Å². The summed E-state index contributed by atoms with van der Waals surface area (Å²) in [6, 6.07) is 0. The summed E-state index contributed by atoms with van der Waals surface area (Å²) >= 11 is 0. The van der Waals surface area contributed by atoms with Crippen LogP contribution in [0.5, 0.6) is 0 Å². The molecule has 8 nitrogen and oxygen atoms in total. The average molecular weight is 255 g/mol. The third-order valence-electron chi connectivity index (χ3n) is 2.28. The Kier molecular flexibility index (Phi) is 5.25. The first-order valence-corrected chi connectivity index (χ1v) is 5.53. The van der Waals surface area contributed by atoms with Gasteiger partial charge in [0.2, 0.25) is 11.8 Å². The first-order valence-electron chi connectivity index (χ1n) is 5.53. The lowest BCUT2D eigenvalue weighted by Crippen LogP contribution is -2.11. The van der Waals surface area contributed by atoms with Gasteiger partial charge in [-0.25, -0.2) is 4.98 Å². The molecule has 0 saturated carbocycles. The molecule has 0 aromatic carbocycles. The molecule has 0 aliphatic rings. The molecule has 0 amide bonds. The number of ether oxygens (including phenoxy) is 1. The summed E-state index contributed by atoms with van der Waals surface area (Å²) in [5, 5.41) is 16.7. The number of anilines is 2. The van der Waals surface area contributed by atoms with E-state index in [1.54, 1.807) is 21.1 Å². The van der Waals surface area contributed by atoms with Crippen LogP contribution in [0.3, 0.4) is 0 Å². The zero-order chi connectivity index (χ0) is 13.5. The molecular weight excluding hydrogens is 238 g/mol. The van der Waals surface area contributed by atoms with Crippen molar-refractivity contribution in [2.45, 2.75) is 13.3 Å². The first-order chi connectivity index (χ1) is 8.60. The van der Waals surface area contributed by atoms with Crippen molar-refractivity contribution in [3.05, 3.63) is 15.8 Å². The van der Waals surface area contributed by atoms with Crippen LogP contribution in [0.2, 0.25) is 0 Å². The molecule has 1 rings (SSSR count). The van der Waals surface area contributed by atoms with Gasteiger partial charge < -0.3 is 15.4 Å². The van der Waals surface area contributed by atoms with E-state index < -0.39 is 4.92 Å². The normalized spacial score (nSPS) is 10.2. The third kappa shape index (κ3) is 3.52. The molecule has 8 heteroatoms. The molecule has 2 N–H and O–H groups in total. The molecule has 100 valence electrons. The van der Waals surface area contributed by atoms with Gasteiger partial charge >= 0.3 is 5.69 Å². The number of hydrogen-bond acceptors (Lipinski definition) is 7. The fourth-order valence-corrected chi connectivity index (χ4v) is 1.44. The van der Waals surface area contributed by atoms with Gasteiger partial charge in [0.05, 0.1) is 4.92 Å². The van der Waals surface area contributed by atoms with Gasteiger partial charge in [-0.15, -0.1) is 0 Å². The van der Waals surface area contributed by atoms with Gasteiger partial charge in [0.15, 0.2) is 0 Å². The number of aryl methyl sites for hydroxylation is 1. The van der Waals surface area contributed by atoms with Crippen molar-refractivity contribution >= 4 is 17.5 Å². The number of rotatable bonds is 7. The maximum absolute atomic E-state index is 11.0. The van der Waals surface area contributed by atoms with Gasteiger partial charge in [-0.2, -0.15) is 4.98 Å². The lowest BCUT2D eigenvalue weighted by Gasteiger charge is -2.09. The minimum Gasteiger partial charge on any atom is -0.385 e. The lowest BCUT2D eigenvalue weighted by molar-refractivity contribution is -0.385. The van der Waals surface area contributed by atoms with Crippen molar-refractivity contribution in [1.29, 1.82) is 0 Å². The number of nitro groups is 1. The average Bonchev–Trinajstić information content (AvgIpc) is 2.33. The van der Waals surface area contributed by atoms with Crippen LogP contribution >= 0.6 is 0 Å². The van der Waals surface area contributed by atoms with Crippen LogP contribution in [-0.2, 0) is 4.74 Å². The van der Waals surface area contributed by atoms with E-state index in [1.807, 2.05) is 0 Å². The topological polar surface area (TPSA) is 102 Å². The summed E-state index contributed by atoms with van der Waals surface area (Å²) in [7, 11) is 3.27. The minimum atomic E-state index is -0.479. The quantitative estimate of drug-likeness (QED) is 0.428. The number of methoxy groups -OCH3 is 1. The predicted molar refractivity (Wildman–Crippen MR) is 68.0 cm³/mol. The van der Waals surface area contributed by atoms with E-state index in [0.717, 1.165) is 6.42 Å². The van der Waals surface area contributed by atoms with Crippen LogP contribution < -0.4 is 10.6 Å². The Hall–Kier alpha value is -1.96. The smallest absolute Gasteiger partial charge is 0.332 e. The molecule has 0 spiro atoms. The zero-order valence-electron chi connectivity index (χ0n) is 10.7. The highest BCUT2D eigenvalue weighted by Gasteiger charge is 2.21. The van der Waals surface area contributed by atoms with Gasteiger partial charge in [-0.05, 0) is 13.3 Å². The Labute approximate surface area is 105 Å². The number of nitrogens with zero attached hydrogens (tertiary/aromatic N) is 3. The maximum Gasteiger partial charge on any atom is 0.332 e. The molecule has 0 atom stereocenters. The number of aromatic nitrogens is 2. The van der Waals surface area contributed by atoms with E-state index in [2.05, 4.69) is 20.6 Å². The molecule has 0 unspecified atom stereocenters. The van der Waals surface area contributed by atoms with Crippen LogP contribution in [0.4, 0.5) is 17.5 Å². The van der Waals surface area contributed by atoms with Crippen molar-refractivity contribution in [3.8, 4) is 0 Å². The van der Waals surface area contributed by atoms with E-state index in [9.17, 15) is 10.1 Å². The molecule has 1 aromatic rings. The molecule has 0 saturated heterocycles. The third-order valence-corrected chi connectivity index (χ3v) is 2.28. The summed E-state index contributed by atoms with van der Waals surface area (Å²) in [4.78, 5) is 18.5. The maximum atomic E-state index is 11.0. The first kappa shape index (κ1) is 14.1. The highest BCUT2D eigenvalue weighted by Crippen LogP contribution is 2.26. The predicted octanol–water partition coefficient (Wildman–Crippen LogP) is 1.18. The number of hydrogen-bond donors (Lipinski definition) is 2. The highest BCUT2D eigenvalue weighted by molar-refractivity contribution is 5.60. The molecule has 1 aromatic heterocycles. The van der Waals surface area contributed by atoms with Crippen molar-refractivity contribution in [2.24, 2.45) is 0 Å².